The first-order valence-corrected chi connectivity index (χ1v) is 11.7. The molecule has 0 aromatic heterocycles. The summed E-state index contributed by atoms with van der Waals surface area (Å²) in [4.78, 5) is 28.4. The van der Waals surface area contributed by atoms with Gasteiger partial charge in [-0.3, -0.25) is 9.59 Å². The zero-order valence-corrected chi connectivity index (χ0v) is 19.8. The van der Waals surface area contributed by atoms with Gasteiger partial charge in [0.15, 0.2) is 0 Å². The van der Waals surface area contributed by atoms with Gasteiger partial charge in [0.25, 0.3) is 0 Å². The van der Waals surface area contributed by atoms with Crippen molar-refractivity contribution in [2.24, 2.45) is 0 Å². The highest BCUT2D eigenvalue weighted by Crippen LogP contribution is 2.21. The maximum atomic E-state index is 13.5. The van der Waals surface area contributed by atoms with Crippen LogP contribution in [0.3, 0.4) is 0 Å². The van der Waals surface area contributed by atoms with Crippen molar-refractivity contribution in [2.45, 2.75) is 77.9 Å². The average Bonchev–Trinajstić information content (AvgIpc) is 3.29. The lowest BCUT2D eigenvalue weighted by molar-refractivity contribution is -0.141. The Kier molecular flexibility index (Phi) is 8.32. The first kappa shape index (κ1) is 23.8. The summed E-state index contributed by atoms with van der Waals surface area (Å²) in [5.74, 6) is 0.701. The van der Waals surface area contributed by atoms with Crippen molar-refractivity contribution in [3.8, 4) is 5.75 Å². The van der Waals surface area contributed by atoms with Crippen molar-refractivity contribution in [3.63, 3.8) is 0 Å². The third-order valence-electron chi connectivity index (χ3n) is 6.53. The number of methoxy groups -OCH3 is 1. The summed E-state index contributed by atoms with van der Waals surface area (Å²) >= 11 is 0. The van der Waals surface area contributed by atoms with E-state index >= 15 is 0 Å². The summed E-state index contributed by atoms with van der Waals surface area (Å²) < 4.78 is 5.26. The molecule has 0 radical (unpaired) electrons. The fraction of sp³-hybridized carbons (Fsp3) is 0.481. The zero-order valence-electron chi connectivity index (χ0n) is 19.8. The lowest BCUT2D eigenvalue weighted by Crippen LogP contribution is -2.51. The van der Waals surface area contributed by atoms with Crippen molar-refractivity contribution < 1.29 is 14.3 Å². The Hall–Kier alpha value is -2.82. The average molecular weight is 437 g/mol. The summed E-state index contributed by atoms with van der Waals surface area (Å²) in [6, 6.07) is 13.6. The predicted octanol–water partition coefficient (Wildman–Crippen LogP) is 4.72. The van der Waals surface area contributed by atoms with Gasteiger partial charge in [-0.2, -0.15) is 0 Å². The van der Waals surface area contributed by atoms with Crippen LogP contribution in [0.4, 0.5) is 0 Å². The summed E-state index contributed by atoms with van der Waals surface area (Å²) in [6.07, 6.45) is 5.22. The monoisotopic (exact) mass is 436 g/mol. The number of carbonyl (C=O) groups is 2. The number of aryl methyl sites for hydroxylation is 2. The van der Waals surface area contributed by atoms with Gasteiger partial charge in [0.2, 0.25) is 11.8 Å². The summed E-state index contributed by atoms with van der Waals surface area (Å²) in [6.45, 7) is 6.49. The molecule has 1 atom stereocenters. The minimum absolute atomic E-state index is 0.0301. The minimum Gasteiger partial charge on any atom is -0.497 e. The Morgan fingerprint density at radius 3 is 2.28 bits per heavy atom. The molecule has 1 N–H and O–H groups in total. The Morgan fingerprint density at radius 1 is 1.03 bits per heavy atom. The van der Waals surface area contributed by atoms with E-state index in [9.17, 15) is 9.59 Å². The highest BCUT2D eigenvalue weighted by Gasteiger charge is 2.30. The standard InChI is InChI=1S/C27H36N2O3/c1-5-25(27(31)28-23-8-6-7-9-23)29(18-21-12-14-24(32-4)15-13-21)26(30)17-22-11-10-19(2)20(3)16-22/h10-16,23,25H,5-9,17-18H2,1-4H3,(H,28,31). The molecule has 0 heterocycles. The number of benzene rings is 2. The van der Waals surface area contributed by atoms with Crippen LogP contribution in [0.1, 0.15) is 61.3 Å². The molecule has 172 valence electrons. The molecule has 1 fully saturated rings. The van der Waals surface area contributed by atoms with Gasteiger partial charge >= 0.3 is 0 Å². The van der Waals surface area contributed by atoms with Gasteiger partial charge in [0, 0.05) is 12.6 Å². The van der Waals surface area contributed by atoms with E-state index < -0.39 is 6.04 Å². The molecule has 0 spiro atoms. The number of nitrogens with one attached hydrogen (secondary N) is 1. The van der Waals surface area contributed by atoms with Crippen molar-refractivity contribution in [3.05, 3.63) is 64.7 Å². The third-order valence-corrected chi connectivity index (χ3v) is 6.53. The van der Waals surface area contributed by atoms with E-state index in [-0.39, 0.29) is 24.3 Å². The highest BCUT2D eigenvalue weighted by molar-refractivity contribution is 5.88. The molecule has 5 heteroatoms. The maximum absolute atomic E-state index is 13.5. The number of amides is 2. The molecule has 1 aliphatic rings. The molecule has 0 bridgehead atoms. The topological polar surface area (TPSA) is 58.6 Å². The molecule has 1 saturated carbocycles. The van der Waals surface area contributed by atoms with E-state index in [2.05, 4.69) is 31.3 Å². The SMILES string of the molecule is CCC(C(=O)NC1CCCC1)N(Cc1ccc(OC)cc1)C(=O)Cc1ccc(C)c(C)c1. The second-order valence-corrected chi connectivity index (χ2v) is 8.88. The van der Waals surface area contributed by atoms with Crippen molar-refractivity contribution in [1.82, 2.24) is 10.2 Å². The predicted molar refractivity (Wildman–Crippen MR) is 128 cm³/mol. The second-order valence-electron chi connectivity index (χ2n) is 8.88. The van der Waals surface area contributed by atoms with Crippen molar-refractivity contribution >= 4 is 11.8 Å². The Balaban J connectivity index is 1.82. The number of hydrogen-bond donors (Lipinski definition) is 1. The van der Waals surface area contributed by atoms with Gasteiger partial charge in [-0.25, -0.2) is 0 Å². The van der Waals surface area contributed by atoms with Crippen molar-refractivity contribution in [1.29, 1.82) is 0 Å². The van der Waals surface area contributed by atoms with E-state index in [1.165, 1.54) is 11.1 Å². The Bertz CT molecular complexity index is 917. The second kappa shape index (κ2) is 11.2. The van der Waals surface area contributed by atoms with Crippen LogP contribution in [0, 0.1) is 13.8 Å². The van der Waals surface area contributed by atoms with E-state index in [1.54, 1.807) is 12.0 Å². The van der Waals surface area contributed by atoms with Crippen LogP contribution >= 0.6 is 0 Å². The zero-order chi connectivity index (χ0) is 23.1. The van der Waals surface area contributed by atoms with Crippen LogP contribution in [-0.2, 0) is 22.6 Å². The molecule has 0 saturated heterocycles. The molecule has 32 heavy (non-hydrogen) atoms. The molecular weight excluding hydrogens is 400 g/mol. The lowest BCUT2D eigenvalue weighted by Gasteiger charge is -2.31. The van der Waals surface area contributed by atoms with Crippen LogP contribution in [-0.4, -0.2) is 35.9 Å². The molecule has 0 aliphatic heterocycles. The van der Waals surface area contributed by atoms with Gasteiger partial charge < -0.3 is 15.0 Å². The maximum Gasteiger partial charge on any atom is 0.243 e. The fourth-order valence-corrected chi connectivity index (χ4v) is 4.40. The number of ether oxygens (including phenoxy) is 1. The quantitative estimate of drug-likeness (QED) is 0.619. The largest absolute Gasteiger partial charge is 0.497 e. The van der Waals surface area contributed by atoms with E-state index in [1.807, 2.05) is 37.3 Å². The molecule has 2 amide bonds. The van der Waals surface area contributed by atoms with E-state index in [0.29, 0.717) is 13.0 Å². The van der Waals surface area contributed by atoms with E-state index in [0.717, 1.165) is 42.6 Å². The minimum atomic E-state index is -0.489. The summed E-state index contributed by atoms with van der Waals surface area (Å²) in [5.41, 5.74) is 4.33. The summed E-state index contributed by atoms with van der Waals surface area (Å²) in [7, 11) is 1.63. The van der Waals surface area contributed by atoms with Crippen LogP contribution in [0.5, 0.6) is 5.75 Å². The first-order chi connectivity index (χ1) is 15.4. The third kappa shape index (κ3) is 6.12. The fourth-order valence-electron chi connectivity index (χ4n) is 4.40. The number of carbonyl (C=O) groups excluding carboxylic acids is 2. The van der Waals surface area contributed by atoms with Crippen LogP contribution in [0.2, 0.25) is 0 Å². The highest BCUT2D eigenvalue weighted by atomic mass is 16.5. The van der Waals surface area contributed by atoms with Crippen molar-refractivity contribution in [2.75, 3.05) is 7.11 Å². The molecular formula is C27H36N2O3. The molecule has 5 nitrogen and oxygen atoms in total. The smallest absolute Gasteiger partial charge is 0.243 e. The van der Waals surface area contributed by atoms with Gasteiger partial charge in [0.1, 0.15) is 11.8 Å². The normalized spacial score (nSPS) is 14.8. The molecule has 1 unspecified atom stereocenters. The summed E-state index contributed by atoms with van der Waals surface area (Å²) in [5, 5.41) is 3.20. The molecule has 2 aromatic rings. The van der Waals surface area contributed by atoms with Crippen LogP contribution in [0.15, 0.2) is 42.5 Å². The number of rotatable bonds is 9. The van der Waals surface area contributed by atoms with Gasteiger partial charge in [-0.1, -0.05) is 50.1 Å². The molecule has 1 aliphatic carbocycles. The van der Waals surface area contributed by atoms with Gasteiger partial charge in [-0.05, 0) is 67.5 Å². The Morgan fingerprint density at radius 2 is 1.69 bits per heavy atom. The lowest BCUT2D eigenvalue weighted by atomic mass is 10.0. The van der Waals surface area contributed by atoms with Crippen LogP contribution < -0.4 is 10.1 Å². The number of nitrogens with zero attached hydrogens (tertiary/aromatic N) is 1. The first-order valence-electron chi connectivity index (χ1n) is 11.7. The number of hydrogen-bond acceptors (Lipinski definition) is 3. The van der Waals surface area contributed by atoms with E-state index in [4.69, 9.17) is 4.74 Å². The van der Waals surface area contributed by atoms with Crippen LogP contribution in [0.25, 0.3) is 0 Å². The molecule has 2 aromatic carbocycles. The molecule has 3 rings (SSSR count). The van der Waals surface area contributed by atoms with Gasteiger partial charge in [0.05, 0.1) is 13.5 Å². The van der Waals surface area contributed by atoms with Gasteiger partial charge in [-0.15, -0.1) is 0 Å². The Labute approximate surface area is 192 Å².